The van der Waals surface area contributed by atoms with E-state index < -0.39 is 0 Å². The average molecular weight is 425 g/mol. The smallest absolute Gasteiger partial charge is 0.309 e. The van der Waals surface area contributed by atoms with E-state index in [1.807, 2.05) is 12.1 Å². The molecule has 166 valence electrons. The summed E-state index contributed by atoms with van der Waals surface area (Å²) in [6, 6.07) is 12.8. The van der Waals surface area contributed by atoms with E-state index in [2.05, 4.69) is 34.5 Å². The zero-order valence-electron chi connectivity index (χ0n) is 18.3. The molecule has 1 aromatic rings. The highest BCUT2D eigenvalue weighted by atomic mass is 16.5. The Balaban J connectivity index is 1.44. The van der Waals surface area contributed by atoms with Crippen LogP contribution in [0, 0.1) is 17.2 Å². The van der Waals surface area contributed by atoms with Crippen LogP contribution in [-0.2, 0) is 20.9 Å². The van der Waals surface area contributed by atoms with E-state index in [9.17, 15) is 14.9 Å². The number of nitrogens with one attached hydrogen (secondary N) is 1. The van der Waals surface area contributed by atoms with E-state index in [1.54, 1.807) is 18.0 Å². The van der Waals surface area contributed by atoms with E-state index in [0.717, 1.165) is 32.5 Å². The summed E-state index contributed by atoms with van der Waals surface area (Å²) in [5, 5.41) is 12.8. The summed E-state index contributed by atoms with van der Waals surface area (Å²) < 4.78 is 5.07. The number of nitriles is 1. The number of carbonyl (C=O) groups excluding carboxylic acids is 2. The van der Waals surface area contributed by atoms with E-state index in [0.29, 0.717) is 32.5 Å². The lowest BCUT2D eigenvalue weighted by Gasteiger charge is -2.32. The minimum atomic E-state index is -0.265. The van der Waals surface area contributed by atoms with Crippen LogP contribution in [0.5, 0.6) is 0 Å². The Morgan fingerprint density at radius 1 is 1.13 bits per heavy atom. The zero-order valence-corrected chi connectivity index (χ0v) is 18.3. The highest BCUT2D eigenvalue weighted by molar-refractivity contribution is 5.97. The molecule has 1 aromatic carbocycles. The number of piperidine rings is 2. The van der Waals surface area contributed by atoms with Gasteiger partial charge in [-0.3, -0.25) is 14.5 Å². The van der Waals surface area contributed by atoms with Gasteiger partial charge >= 0.3 is 5.97 Å². The number of hydrogen-bond acceptors (Lipinski definition) is 6. The number of hydrogen-bond donors (Lipinski definition) is 1. The van der Waals surface area contributed by atoms with Crippen molar-refractivity contribution < 1.29 is 14.3 Å². The van der Waals surface area contributed by atoms with Gasteiger partial charge in [-0.1, -0.05) is 30.3 Å². The molecule has 2 saturated heterocycles. The van der Waals surface area contributed by atoms with Gasteiger partial charge in [0.25, 0.3) is 5.91 Å². The number of carbonyl (C=O) groups is 2. The first-order valence-corrected chi connectivity index (χ1v) is 11.2. The summed E-state index contributed by atoms with van der Waals surface area (Å²) in [7, 11) is 0. The molecule has 2 heterocycles. The first kappa shape index (κ1) is 22.8. The number of benzene rings is 1. The quantitative estimate of drug-likeness (QED) is 0.411. The molecule has 2 aliphatic heterocycles. The fraction of sp³-hybridized carbons (Fsp3) is 0.542. The third-order valence-electron chi connectivity index (χ3n) is 6.05. The summed E-state index contributed by atoms with van der Waals surface area (Å²) in [5.41, 5.74) is 1.44. The van der Waals surface area contributed by atoms with Gasteiger partial charge < -0.3 is 15.0 Å². The molecule has 0 aromatic heterocycles. The molecule has 3 rings (SSSR count). The van der Waals surface area contributed by atoms with Gasteiger partial charge in [0.2, 0.25) is 0 Å². The van der Waals surface area contributed by atoms with Crippen molar-refractivity contribution >= 4 is 11.9 Å². The molecular formula is C24H32N4O3. The van der Waals surface area contributed by atoms with Crippen LogP contribution >= 0.6 is 0 Å². The van der Waals surface area contributed by atoms with Gasteiger partial charge in [0, 0.05) is 45.0 Å². The van der Waals surface area contributed by atoms with E-state index >= 15 is 0 Å². The molecule has 1 amide bonds. The fourth-order valence-corrected chi connectivity index (χ4v) is 4.19. The summed E-state index contributed by atoms with van der Waals surface area (Å²) in [6.45, 7) is 6.03. The van der Waals surface area contributed by atoms with Crippen LogP contribution < -0.4 is 5.32 Å². The van der Waals surface area contributed by atoms with Crippen molar-refractivity contribution in [3.8, 4) is 6.07 Å². The van der Waals surface area contributed by atoms with Gasteiger partial charge in [0.1, 0.15) is 11.6 Å². The summed E-state index contributed by atoms with van der Waals surface area (Å²) >= 11 is 0. The van der Waals surface area contributed by atoms with Crippen molar-refractivity contribution in [2.24, 2.45) is 5.92 Å². The number of ether oxygens (including phenoxy) is 1. The van der Waals surface area contributed by atoms with Crippen LogP contribution in [0.3, 0.4) is 0 Å². The maximum atomic E-state index is 12.7. The van der Waals surface area contributed by atoms with Gasteiger partial charge in [-0.2, -0.15) is 5.26 Å². The second-order valence-corrected chi connectivity index (χ2v) is 8.19. The maximum absolute atomic E-state index is 12.7. The minimum absolute atomic E-state index is 0.126. The second-order valence-electron chi connectivity index (χ2n) is 8.19. The normalized spacial score (nSPS) is 19.0. The van der Waals surface area contributed by atoms with E-state index in [-0.39, 0.29) is 29.4 Å². The van der Waals surface area contributed by atoms with Gasteiger partial charge in [0.05, 0.1) is 12.5 Å². The lowest BCUT2D eigenvalue weighted by Crippen LogP contribution is -2.42. The van der Waals surface area contributed by atoms with Crippen molar-refractivity contribution in [1.82, 2.24) is 15.1 Å². The molecule has 0 aliphatic carbocycles. The maximum Gasteiger partial charge on any atom is 0.309 e. The predicted molar refractivity (Wildman–Crippen MR) is 118 cm³/mol. The molecular weight excluding hydrogens is 392 g/mol. The minimum Gasteiger partial charge on any atom is -0.466 e. The Morgan fingerprint density at radius 2 is 1.81 bits per heavy atom. The molecule has 7 heteroatoms. The van der Waals surface area contributed by atoms with E-state index in [4.69, 9.17) is 4.74 Å². The van der Waals surface area contributed by atoms with Gasteiger partial charge in [-0.25, -0.2) is 0 Å². The molecule has 2 aliphatic rings. The Bertz CT molecular complexity index is 802. The van der Waals surface area contributed by atoms with Crippen LogP contribution in [0.25, 0.3) is 0 Å². The topological polar surface area (TPSA) is 85.7 Å². The highest BCUT2D eigenvalue weighted by Crippen LogP contribution is 2.20. The number of amides is 1. The van der Waals surface area contributed by atoms with Gasteiger partial charge in [0.15, 0.2) is 0 Å². The van der Waals surface area contributed by atoms with Gasteiger partial charge in [-0.15, -0.1) is 0 Å². The van der Waals surface area contributed by atoms with Crippen LogP contribution in [-0.4, -0.2) is 60.5 Å². The number of likely N-dealkylation sites (tertiary alicyclic amines) is 2. The highest BCUT2D eigenvalue weighted by Gasteiger charge is 2.29. The monoisotopic (exact) mass is 424 g/mol. The summed E-state index contributed by atoms with van der Waals surface area (Å²) in [5.74, 6) is -0.609. The number of nitrogens with zero attached hydrogens (tertiary/aromatic N) is 3. The van der Waals surface area contributed by atoms with Crippen molar-refractivity contribution in [2.75, 3.05) is 32.8 Å². The molecule has 0 radical (unpaired) electrons. The molecule has 1 N–H and O–H groups in total. The average Bonchev–Trinajstić information content (AvgIpc) is 2.81. The predicted octanol–water partition coefficient (Wildman–Crippen LogP) is 2.45. The van der Waals surface area contributed by atoms with Crippen molar-refractivity contribution in [2.45, 2.75) is 45.2 Å². The van der Waals surface area contributed by atoms with Crippen LogP contribution in [0.4, 0.5) is 0 Å². The molecule has 0 bridgehead atoms. The van der Waals surface area contributed by atoms with Crippen molar-refractivity contribution in [3.05, 3.63) is 47.7 Å². The molecule has 31 heavy (non-hydrogen) atoms. The van der Waals surface area contributed by atoms with E-state index in [1.165, 1.54) is 5.56 Å². The fourth-order valence-electron chi connectivity index (χ4n) is 4.19. The second kappa shape index (κ2) is 11.5. The lowest BCUT2D eigenvalue weighted by molar-refractivity contribution is -0.150. The molecule has 0 unspecified atom stereocenters. The molecule has 7 nitrogen and oxygen atoms in total. The standard InChI is InChI=1S/C24H32N4O3/c1-2-31-24(30)20-8-14-28(15-9-20)23(29)21(16-25)17-26-22-10-12-27(13-11-22)18-19-6-4-3-5-7-19/h3-7,17,20,22,26H,2,8-15,18H2,1H3/b21-17-. The largest absolute Gasteiger partial charge is 0.466 e. The third kappa shape index (κ3) is 6.56. The Hall–Kier alpha value is -2.85. The van der Waals surface area contributed by atoms with Gasteiger partial charge in [-0.05, 0) is 38.2 Å². The zero-order chi connectivity index (χ0) is 22.1. The number of rotatable bonds is 7. The van der Waals surface area contributed by atoms with Crippen molar-refractivity contribution in [1.29, 1.82) is 5.26 Å². The first-order valence-electron chi connectivity index (χ1n) is 11.2. The molecule has 2 fully saturated rings. The lowest BCUT2D eigenvalue weighted by atomic mass is 9.96. The summed E-state index contributed by atoms with van der Waals surface area (Å²) in [4.78, 5) is 28.7. The van der Waals surface area contributed by atoms with Crippen LogP contribution in [0.2, 0.25) is 0 Å². The first-order chi connectivity index (χ1) is 15.1. The van der Waals surface area contributed by atoms with Crippen molar-refractivity contribution in [3.63, 3.8) is 0 Å². The molecule has 0 atom stereocenters. The Morgan fingerprint density at radius 3 is 2.42 bits per heavy atom. The van der Waals surface area contributed by atoms with Crippen LogP contribution in [0.15, 0.2) is 42.1 Å². The SMILES string of the molecule is CCOC(=O)C1CCN(C(=O)/C(C#N)=C\NC2CCN(Cc3ccccc3)CC2)CC1. The molecule has 0 spiro atoms. The van der Waals surface area contributed by atoms with Crippen LogP contribution in [0.1, 0.15) is 38.2 Å². The Kier molecular flexibility index (Phi) is 8.48. The number of esters is 1. The third-order valence-corrected chi connectivity index (χ3v) is 6.05. The molecule has 0 saturated carbocycles. The Labute approximate surface area is 184 Å². The summed E-state index contributed by atoms with van der Waals surface area (Å²) in [6.07, 6.45) is 4.69.